The van der Waals surface area contributed by atoms with Gasteiger partial charge in [0, 0.05) is 0 Å². The van der Waals surface area contributed by atoms with E-state index in [-0.39, 0.29) is 0 Å². The summed E-state index contributed by atoms with van der Waals surface area (Å²) in [4.78, 5) is 0. The van der Waals surface area contributed by atoms with Gasteiger partial charge >= 0.3 is 0 Å². The van der Waals surface area contributed by atoms with E-state index in [4.69, 9.17) is 4.74 Å². The summed E-state index contributed by atoms with van der Waals surface area (Å²) in [5, 5.41) is 0. The van der Waals surface area contributed by atoms with Crippen LogP contribution >= 0.6 is 0 Å². The minimum absolute atomic E-state index is 0.653. The molecular formula is C20H20O. The first-order chi connectivity index (χ1) is 10.3. The molecule has 0 atom stereocenters. The highest BCUT2D eigenvalue weighted by molar-refractivity contribution is 5.64. The molecule has 1 nitrogen and oxygen atoms in total. The lowest BCUT2D eigenvalue weighted by atomic mass is 10.0. The quantitative estimate of drug-likeness (QED) is 0.734. The van der Waals surface area contributed by atoms with Gasteiger partial charge in [-0.15, -0.1) is 0 Å². The van der Waals surface area contributed by atoms with Gasteiger partial charge in [-0.2, -0.15) is 0 Å². The summed E-state index contributed by atoms with van der Waals surface area (Å²) in [6.45, 7) is 2.76. The maximum Gasteiger partial charge on any atom is 0.119 e. The Morgan fingerprint density at radius 2 is 1.52 bits per heavy atom. The molecule has 1 heteroatoms. The first kappa shape index (κ1) is 13.7. The zero-order chi connectivity index (χ0) is 14.5. The third kappa shape index (κ3) is 3.63. The van der Waals surface area contributed by atoms with E-state index < -0.39 is 0 Å². The van der Waals surface area contributed by atoms with E-state index in [1.165, 1.54) is 22.3 Å². The Balaban J connectivity index is 1.65. The predicted octanol–water partition coefficient (Wildman–Crippen LogP) is 5.32. The van der Waals surface area contributed by atoms with Crippen molar-refractivity contribution in [2.75, 3.05) is 6.61 Å². The van der Waals surface area contributed by atoms with Crippen LogP contribution < -0.4 is 4.74 Å². The molecular weight excluding hydrogens is 256 g/mol. The Hall–Kier alpha value is -2.28. The van der Waals surface area contributed by atoms with Crippen molar-refractivity contribution in [2.24, 2.45) is 0 Å². The van der Waals surface area contributed by atoms with Gasteiger partial charge in [0.1, 0.15) is 12.4 Å². The second kappa shape index (κ2) is 6.45. The summed E-state index contributed by atoms with van der Waals surface area (Å²) in [7, 11) is 0. The van der Waals surface area contributed by atoms with Crippen LogP contribution in [0.25, 0.3) is 11.1 Å². The van der Waals surface area contributed by atoms with Gasteiger partial charge in [0.2, 0.25) is 0 Å². The molecule has 0 spiro atoms. The molecule has 0 unspecified atom stereocenters. The minimum Gasteiger partial charge on any atom is -0.489 e. The van der Waals surface area contributed by atoms with E-state index in [1.807, 2.05) is 12.1 Å². The zero-order valence-electron chi connectivity index (χ0n) is 12.4. The first-order valence-corrected chi connectivity index (χ1v) is 7.47. The van der Waals surface area contributed by atoms with Crippen molar-refractivity contribution in [3.63, 3.8) is 0 Å². The van der Waals surface area contributed by atoms with Gasteiger partial charge in [-0.25, -0.2) is 0 Å². The Kier molecular flexibility index (Phi) is 4.20. The van der Waals surface area contributed by atoms with Crippen LogP contribution in [0, 0.1) is 6.92 Å². The van der Waals surface area contributed by atoms with E-state index in [0.29, 0.717) is 6.61 Å². The van der Waals surface area contributed by atoms with Gasteiger partial charge < -0.3 is 4.74 Å². The van der Waals surface area contributed by atoms with E-state index in [1.54, 1.807) is 0 Å². The molecule has 0 aliphatic heterocycles. The Morgan fingerprint density at radius 3 is 2.14 bits per heavy atom. The van der Waals surface area contributed by atoms with Crippen LogP contribution in [0.2, 0.25) is 0 Å². The Labute approximate surface area is 126 Å². The molecule has 106 valence electrons. The maximum absolute atomic E-state index is 5.84. The highest BCUT2D eigenvalue weighted by atomic mass is 16.5. The number of allylic oxidation sites excluding steroid dienone is 2. The summed E-state index contributed by atoms with van der Waals surface area (Å²) < 4.78 is 5.84. The summed E-state index contributed by atoms with van der Waals surface area (Å²) >= 11 is 0. The lowest BCUT2D eigenvalue weighted by Gasteiger charge is -2.10. The molecule has 21 heavy (non-hydrogen) atoms. The van der Waals surface area contributed by atoms with E-state index >= 15 is 0 Å². The van der Waals surface area contributed by atoms with Crippen molar-refractivity contribution in [2.45, 2.75) is 19.8 Å². The van der Waals surface area contributed by atoms with Gasteiger partial charge in [0.05, 0.1) is 0 Å². The second-order valence-electron chi connectivity index (χ2n) is 5.44. The average Bonchev–Trinajstić information content (AvgIpc) is 2.55. The Bertz CT molecular complexity index is 645. The molecule has 0 saturated heterocycles. The van der Waals surface area contributed by atoms with Gasteiger partial charge in [0.25, 0.3) is 0 Å². The number of ether oxygens (including phenoxy) is 1. The summed E-state index contributed by atoms with van der Waals surface area (Å²) in [6.07, 6.45) is 8.89. The number of hydrogen-bond acceptors (Lipinski definition) is 1. The summed E-state index contributed by atoms with van der Waals surface area (Å²) in [5.41, 5.74) is 5.01. The number of rotatable bonds is 4. The van der Waals surface area contributed by atoms with Crippen LogP contribution in [-0.2, 0) is 0 Å². The molecule has 0 heterocycles. The van der Waals surface area contributed by atoms with Crippen molar-refractivity contribution in [3.8, 4) is 16.9 Å². The van der Waals surface area contributed by atoms with Crippen LogP contribution in [0.15, 0.2) is 72.3 Å². The van der Waals surface area contributed by atoms with Crippen LogP contribution in [0.3, 0.4) is 0 Å². The fourth-order valence-electron chi connectivity index (χ4n) is 2.43. The normalized spacial score (nSPS) is 13.9. The largest absolute Gasteiger partial charge is 0.489 e. The van der Waals surface area contributed by atoms with Crippen LogP contribution in [0.5, 0.6) is 5.75 Å². The van der Waals surface area contributed by atoms with Crippen LogP contribution in [0.4, 0.5) is 0 Å². The van der Waals surface area contributed by atoms with Gasteiger partial charge in [-0.3, -0.25) is 0 Å². The number of benzene rings is 2. The highest BCUT2D eigenvalue weighted by Crippen LogP contribution is 2.23. The summed E-state index contributed by atoms with van der Waals surface area (Å²) in [5.74, 6) is 0.922. The van der Waals surface area contributed by atoms with E-state index in [0.717, 1.165) is 18.6 Å². The lowest BCUT2D eigenvalue weighted by Crippen LogP contribution is -2.01. The summed E-state index contributed by atoms with van der Waals surface area (Å²) in [6, 6.07) is 16.9. The van der Waals surface area contributed by atoms with Crippen molar-refractivity contribution in [1.29, 1.82) is 0 Å². The number of aryl methyl sites for hydroxylation is 1. The SMILES string of the molecule is Cc1ccc(-c2ccc(OCC3=CCCC=C3)cc2)cc1. The molecule has 2 aromatic rings. The highest BCUT2D eigenvalue weighted by Gasteiger charge is 2.01. The van der Waals surface area contributed by atoms with Gasteiger partial charge in [0.15, 0.2) is 0 Å². The molecule has 0 bridgehead atoms. The second-order valence-corrected chi connectivity index (χ2v) is 5.44. The monoisotopic (exact) mass is 276 g/mol. The number of hydrogen-bond donors (Lipinski definition) is 0. The molecule has 0 aromatic heterocycles. The molecule has 2 aromatic carbocycles. The van der Waals surface area contributed by atoms with Crippen LogP contribution in [-0.4, -0.2) is 6.61 Å². The molecule has 3 rings (SSSR count). The molecule has 0 N–H and O–H groups in total. The van der Waals surface area contributed by atoms with Gasteiger partial charge in [-0.1, -0.05) is 60.2 Å². The van der Waals surface area contributed by atoms with Crippen molar-refractivity contribution in [1.82, 2.24) is 0 Å². The average molecular weight is 276 g/mol. The standard InChI is InChI=1S/C20H20O/c1-16-7-9-18(10-8-16)19-11-13-20(14-12-19)21-15-17-5-3-2-4-6-17/h3,5-14H,2,4,15H2,1H3. The molecule has 1 aliphatic rings. The predicted molar refractivity (Wildman–Crippen MR) is 88.6 cm³/mol. The third-order valence-corrected chi connectivity index (χ3v) is 3.72. The van der Waals surface area contributed by atoms with Crippen molar-refractivity contribution in [3.05, 3.63) is 77.9 Å². The smallest absolute Gasteiger partial charge is 0.119 e. The fourth-order valence-corrected chi connectivity index (χ4v) is 2.43. The minimum atomic E-state index is 0.653. The van der Waals surface area contributed by atoms with Crippen molar-refractivity contribution >= 4 is 0 Å². The third-order valence-electron chi connectivity index (χ3n) is 3.72. The van der Waals surface area contributed by atoms with E-state index in [9.17, 15) is 0 Å². The topological polar surface area (TPSA) is 9.23 Å². The van der Waals surface area contributed by atoms with Crippen molar-refractivity contribution < 1.29 is 4.74 Å². The van der Waals surface area contributed by atoms with Crippen LogP contribution in [0.1, 0.15) is 18.4 Å². The molecule has 0 fully saturated rings. The Morgan fingerprint density at radius 1 is 0.857 bits per heavy atom. The van der Waals surface area contributed by atoms with Gasteiger partial charge in [-0.05, 0) is 48.6 Å². The fraction of sp³-hybridized carbons (Fsp3) is 0.200. The van der Waals surface area contributed by atoms with E-state index in [2.05, 4.69) is 61.5 Å². The zero-order valence-corrected chi connectivity index (χ0v) is 12.4. The lowest BCUT2D eigenvalue weighted by molar-refractivity contribution is 0.355. The molecule has 0 radical (unpaired) electrons. The first-order valence-electron chi connectivity index (χ1n) is 7.47. The maximum atomic E-state index is 5.84. The molecule has 0 amide bonds. The molecule has 1 aliphatic carbocycles. The molecule has 0 saturated carbocycles.